The van der Waals surface area contributed by atoms with E-state index in [0.29, 0.717) is 25.4 Å². The molecule has 2 amide bonds. The molecule has 0 saturated carbocycles. The van der Waals surface area contributed by atoms with Crippen LogP contribution in [0.25, 0.3) is 0 Å². The normalized spacial score (nSPS) is 20.7. The highest BCUT2D eigenvalue weighted by Crippen LogP contribution is 2.23. The Morgan fingerprint density at radius 3 is 2.81 bits per heavy atom. The second-order valence-corrected chi connectivity index (χ2v) is 8.54. The molecule has 0 aromatic carbocycles. The number of likely N-dealkylation sites (tertiary alicyclic amines) is 1. The molecule has 2 atom stereocenters. The van der Waals surface area contributed by atoms with Crippen LogP contribution in [-0.2, 0) is 19.1 Å². The first-order chi connectivity index (χ1) is 15.1. The summed E-state index contributed by atoms with van der Waals surface area (Å²) in [4.78, 5) is 43.5. The summed E-state index contributed by atoms with van der Waals surface area (Å²) in [6, 6.07) is 3.10. The lowest BCUT2D eigenvalue weighted by Gasteiger charge is -2.33. The predicted molar refractivity (Wildman–Crippen MR) is 116 cm³/mol. The Labute approximate surface area is 184 Å². The van der Waals surface area contributed by atoms with E-state index in [1.54, 1.807) is 18.5 Å². The standard InChI is InChI=1S/C23H34N4O4/c1-31-22(29)14-20(18-4-2-10-25-15-18)26-23(30)19-5-3-13-27(16-19)21(28)7-6-17-8-11-24-12-9-17/h2,4,10,15,17,19-20,24H,3,5-9,11-14,16H2,1H3,(H,26,30)/t19-,20+/m1/s1. The lowest BCUT2D eigenvalue weighted by atomic mass is 9.92. The Balaban J connectivity index is 1.54. The second-order valence-electron chi connectivity index (χ2n) is 8.54. The molecule has 31 heavy (non-hydrogen) atoms. The van der Waals surface area contributed by atoms with Gasteiger partial charge in [0.2, 0.25) is 11.8 Å². The minimum Gasteiger partial charge on any atom is -0.469 e. The van der Waals surface area contributed by atoms with Crippen LogP contribution in [0, 0.1) is 11.8 Å². The number of hydrogen-bond acceptors (Lipinski definition) is 6. The minimum absolute atomic E-state index is 0.0412. The first-order valence-electron chi connectivity index (χ1n) is 11.3. The number of carbonyl (C=O) groups is 3. The van der Waals surface area contributed by atoms with Crippen LogP contribution in [0.1, 0.15) is 56.6 Å². The Bertz CT molecular complexity index is 736. The van der Waals surface area contributed by atoms with Gasteiger partial charge in [-0.1, -0.05) is 6.07 Å². The molecule has 170 valence electrons. The van der Waals surface area contributed by atoms with Crippen molar-refractivity contribution in [2.24, 2.45) is 11.8 Å². The third-order valence-electron chi connectivity index (χ3n) is 6.37. The fraction of sp³-hybridized carbons (Fsp3) is 0.652. The Morgan fingerprint density at radius 1 is 1.29 bits per heavy atom. The van der Waals surface area contributed by atoms with E-state index < -0.39 is 12.0 Å². The van der Waals surface area contributed by atoms with Gasteiger partial charge in [0.1, 0.15) is 0 Å². The van der Waals surface area contributed by atoms with Gasteiger partial charge in [-0.15, -0.1) is 0 Å². The average Bonchev–Trinajstić information content (AvgIpc) is 2.83. The van der Waals surface area contributed by atoms with Gasteiger partial charge in [0.15, 0.2) is 0 Å². The van der Waals surface area contributed by atoms with Crippen molar-refractivity contribution in [3.05, 3.63) is 30.1 Å². The van der Waals surface area contributed by atoms with Crippen molar-refractivity contribution in [1.29, 1.82) is 0 Å². The third kappa shape index (κ3) is 7.02. The monoisotopic (exact) mass is 430 g/mol. The van der Waals surface area contributed by atoms with Gasteiger partial charge in [-0.3, -0.25) is 19.4 Å². The summed E-state index contributed by atoms with van der Waals surface area (Å²) in [5.74, 6) is -0.0309. The number of ether oxygens (including phenoxy) is 1. The molecule has 2 aliphatic rings. The Morgan fingerprint density at radius 2 is 2.10 bits per heavy atom. The van der Waals surface area contributed by atoms with Gasteiger partial charge in [0.25, 0.3) is 0 Å². The summed E-state index contributed by atoms with van der Waals surface area (Å²) in [5, 5.41) is 6.34. The lowest BCUT2D eigenvalue weighted by molar-refractivity contribution is -0.141. The summed E-state index contributed by atoms with van der Waals surface area (Å²) in [5.41, 5.74) is 0.756. The maximum absolute atomic E-state index is 13.0. The van der Waals surface area contributed by atoms with Crippen LogP contribution >= 0.6 is 0 Å². The van der Waals surface area contributed by atoms with E-state index in [2.05, 4.69) is 15.6 Å². The predicted octanol–water partition coefficient (Wildman–Crippen LogP) is 1.82. The zero-order valence-electron chi connectivity index (χ0n) is 18.3. The SMILES string of the molecule is COC(=O)C[C@H](NC(=O)[C@@H]1CCCN(C(=O)CCC2CCNCC2)C1)c1cccnc1. The molecule has 2 aliphatic heterocycles. The number of piperidine rings is 2. The number of carbonyl (C=O) groups excluding carboxylic acids is 3. The van der Waals surface area contributed by atoms with Crippen molar-refractivity contribution in [2.75, 3.05) is 33.3 Å². The van der Waals surface area contributed by atoms with Crippen molar-refractivity contribution in [2.45, 2.75) is 51.0 Å². The van der Waals surface area contributed by atoms with Gasteiger partial charge in [0.05, 0.1) is 25.5 Å². The number of aromatic nitrogens is 1. The fourth-order valence-corrected chi connectivity index (χ4v) is 4.45. The summed E-state index contributed by atoms with van der Waals surface area (Å²) in [6.45, 7) is 3.22. The number of amides is 2. The molecule has 1 aromatic heterocycles. The molecule has 8 nitrogen and oxygen atoms in total. The molecule has 3 rings (SSSR count). The highest BCUT2D eigenvalue weighted by molar-refractivity contribution is 5.82. The van der Waals surface area contributed by atoms with E-state index in [1.807, 2.05) is 11.0 Å². The molecule has 0 aliphatic carbocycles. The third-order valence-corrected chi connectivity index (χ3v) is 6.37. The van der Waals surface area contributed by atoms with E-state index in [1.165, 1.54) is 7.11 Å². The summed E-state index contributed by atoms with van der Waals surface area (Å²) in [7, 11) is 1.33. The van der Waals surface area contributed by atoms with Crippen molar-refractivity contribution in [3.63, 3.8) is 0 Å². The number of nitrogens with one attached hydrogen (secondary N) is 2. The van der Waals surface area contributed by atoms with Crippen LogP contribution < -0.4 is 10.6 Å². The van der Waals surface area contributed by atoms with Crippen LogP contribution in [0.2, 0.25) is 0 Å². The Kier molecular flexibility index (Phi) is 8.82. The smallest absolute Gasteiger partial charge is 0.307 e. The molecule has 0 radical (unpaired) electrons. The van der Waals surface area contributed by atoms with Crippen molar-refractivity contribution in [1.82, 2.24) is 20.5 Å². The average molecular weight is 431 g/mol. The first-order valence-corrected chi connectivity index (χ1v) is 11.3. The number of methoxy groups -OCH3 is 1. The molecule has 0 unspecified atom stereocenters. The molecule has 0 spiro atoms. The largest absolute Gasteiger partial charge is 0.469 e. The molecular formula is C23H34N4O4. The van der Waals surface area contributed by atoms with Gasteiger partial charge < -0.3 is 20.3 Å². The van der Waals surface area contributed by atoms with Gasteiger partial charge in [-0.2, -0.15) is 0 Å². The number of rotatable bonds is 8. The number of hydrogen-bond donors (Lipinski definition) is 2. The van der Waals surface area contributed by atoms with Crippen molar-refractivity contribution in [3.8, 4) is 0 Å². The highest BCUT2D eigenvalue weighted by atomic mass is 16.5. The Hall–Kier alpha value is -2.48. The maximum Gasteiger partial charge on any atom is 0.307 e. The van der Waals surface area contributed by atoms with E-state index in [9.17, 15) is 14.4 Å². The molecular weight excluding hydrogens is 396 g/mol. The van der Waals surface area contributed by atoms with Crippen LogP contribution in [0.5, 0.6) is 0 Å². The number of nitrogens with zero attached hydrogens (tertiary/aromatic N) is 2. The molecule has 2 saturated heterocycles. The van der Waals surface area contributed by atoms with Gasteiger partial charge in [-0.05, 0) is 62.7 Å². The zero-order chi connectivity index (χ0) is 22.1. The molecule has 1 aromatic rings. The summed E-state index contributed by atoms with van der Waals surface area (Å²) in [6.07, 6.45) is 8.63. The minimum atomic E-state index is -0.500. The van der Waals surface area contributed by atoms with E-state index in [4.69, 9.17) is 4.74 Å². The van der Waals surface area contributed by atoms with Gasteiger partial charge >= 0.3 is 5.97 Å². The molecule has 2 N–H and O–H groups in total. The van der Waals surface area contributed by atoms with Crippen molar-refractivity contribution >= 4 is 17.8 Å². The summed E-state index contributed by atoms with van der Waals surface area (Å²) < 4.78 is 4.79. The second kappa shape index (κ2) is 11.8. The van der Waals surface area contributed by atoms with Crippen LogP contribution in [-0.4, -0.2) is 61.0 Å². The highest BCUT2D eigenvalue weighted by Gasteiger charge is 2.30. The molecule has 3 heterocycles. The lowest BCUT2D eigenvalue weighted by Crippen LogP contribution is -2.46. The van der Waals surface area contributed by atoms with Gasteiger partial charge in [-0.25, -0.2) is 0 Å². The molecule has 8 heteroatoms. The summed E-state index contributed by atoms with van der Waals surface area (Å²) >= 11 is 0. The van der Waals surface area contributed by atoms with E-state index in [0.717, 1.165) is 50.8 Å². The number of pyridine rings is 1. The van der Waals surface area contributed by atoms with Crippen LogP contribution in [0.3, 0.4) is 0 Å². The van der Waals surface area contributed by atoms with E-state index in [-0.39, 0.29) is 24.2 Å². The molecule has 0 bridgehead atoms. The topological polar surface area (TPSA) is 101 Å². The molecule has 2 fully saturated rings. The number of esters is 1. The first kappa shape index (κ1) is 23.2. The quantitative estimate of drug-likeness (QED) is 0.610. The zero-order valence-corrected chi connectivity index (χ0v) is 18.3. The van der Waals surface area contributed by atoms with E-state index >= 15 is 0 Å². The fourth-order valence-electron chi connectivity index (χ4n) is 4.45. The van der Waals surface area contributed by atoms with Crippen LogP contribution in [0.4, 0.5) is 0 Å². The van der Waals surface area contributed by atoms with Gasteiger partial charge in [0, 0.05) is 31.9 Å². The van der Waals surface area contributed by atoms with Crippen molar-refractivity contribution < 1.29 is 19.1 Å². The van der Waals surface area contributed by atoms with Crippen LogP contribution in [0.15, 0.2) is 24.5 Å². The maximum atomic E-state index is 13.0.